The van der Waals surface area contributed by atoms with Crippen molar-refractivity contribution in [2.24, 2.45) is 5.73 Å². The first-order valence-corrected chi connectivity index (χ1v) is 8.33. The Morgan fingerprint density at radius 1 is 1.19 bits per heavy atom. The molecule has 3 heteroatoms. The van der Waals surface area contributed by atoms with Gasteiger partial charge in [-0.2, -0.15) is 0 Å². The van der Waals surface area contributed by atoms with Gasteiger partial charge in [0.2, 0.25) is 0 Å². The maximum Gasteiger partial charge on any atom is 0.119 e. The predicted octanol–water partition coefficient (Wildman–Crippen LogP) is 3.97. The minimum absolute atomic E-state index is 0.0765. The zero-order valence-corrected chi connectivity index (χ0v) is 13.0. The largest absolute Gasteiger partial charge is 0.490 e. The summed E-state index contributed by atoms with van der Waals surface area (Å²) < 4.78 is 12.3. The van der Waals surface area contributed by atoms with Crippen molar-refractivity contribution in [3.8, 4) is 5.75 Å². The zero-order chi connectivity index (χ0) is 14.7. The van der Waals surface area contributed by atoms with Gasteiger partial charge >= 0.3 is 0 Å². The molecule has 1 aliphatic carbocycles. The number of rotatable bonds is 3. The fourth-order valence-corrected chi connectivity index (χ4v) is 3.67. The summed E-state index contributed by atoms with van der Waals surface area (Å²) in [6, 6.07) is 8.29. The third-order valence-corrected chi connectivity index (χ3v) is 4.92. The van der Waals surface area contributed by atoms with E-state index in [1.807, 2.05) is 19.1 Å². The molecule has 1 aliphatic heterocycles. The predicted molar refractivity (Wildman–Crippen MR) is 84.5 cm³/mol. The average molecular weight is 289 g/mol. The van der Waals surface area contributed by atoms with Crippen LogP contribution >= 0.6 is 0 Å². The van der Waals surface area contributed by atoms with Crippen LogP contribution < -0.4 is 10.5 Å². The van der Waals surface area contributed by atoms with Crippen molar-refractivity contribution in [1.29, 1.82) is 0 Å². The van der Waals surface area contributed by atoms with Crippen LogP contribution in [-0.2, 0) is 4.74 Å². The van der Waals surface area contributed by atoms with Crippen molar-refractivity contribution in [2.75, 3.05) is 6.61 Å². The van der Waals surface area contributed by atoms with Crippen molar-refractivity contribution in [1.82, 2.24) is 0 Å². The molecule has 0 amide bonds. The standard InChI is InChI=1S/C18H27NO2/c1-14(19)15-5-7-16(8-6-15)21-17-9-12-20-18(13-17)10-3-2-4-11-18/h5-8,14,17H,2-4,9-13,19H2,1H3/t14-,17?/m0/s1. The van der Waals surface area contributed by atoms with E-state index in [2.05, 4.69) is 12.1 Å². The van der Waals surface area contributed by atoms with Gasteiger partial charge in [0.1, 0.15) is 11.9 Å². The van der Waals surface area contributed by atoms with E-state index in [1.165, 1.54) is 32.1 Å². The molecule has 2 fully saturated rings. The summed E-state index contributed by atoms with van der Waals surface area (Å²) in [5, 5.41) is 0. The van der Waals surface area contributed by atoms with Crippen LogP contribution in [0.2, 0.25) is 0 Å². The first-order valence-electron chi connectivity index (χ1n) is 8.33. The zero-order valence-electron chi connectivity index (χ0n) is 13.0. The molecule has 2 N–H and O–H groups in total. The lowest BCUT2D eigenvalue weighted by Gasteiger charge is -2.43. The normalized spacial score (nSPS) is 26.5. The molecule has 2 aliphatic rings. The van der Waals surface area contributed by atoms with E-state index in [1.54, 1.807) is 0 Å². The van der Waals surface area contributed by atoms with Gasteiger partial charge in [0.25, 0.3) is 0 Å². The van der Waals surface area contributed by atoms with Gasteiger partial charge in [0, 0.05) is 18.9 Å². The van der Waals surface area contributed by atoms with E-state index >= 15 is 0 Å². The smallest absolute Gasteiger partial charge is 0.119 e. The molecule has 21 heavy (non-hydrogen) atoms. The molecular weight excluding hydrogens is 262 g/mol. The number of nitrogens with two attached hydrogens (primary N) is 1. The van der Waals surface area contributed by atoms with Gasteiger partial charge in [0.15, 0.2) is 0 Å². The van der Waals surface area contributed by atoms with Crippen LogP contribution in [0.5, 0.6) is 5.75 Å². The van der Waals surface area contributed by atoms with E-state index in [-0.39, 0.29) is 17.7 Å². The summed E-state index contributed by atoms with van der Waals surface area (Å²) in [4.78, 5) is 0. The van der Waals surface area contributed by atoms with Crippen LogP contribution in [0, 0.1) is 0 Å². The second-order valence-corrected chi connectivity index (χ2v) is 6.68. The van der Waals surface area contributed by atoms with E-state index in [4.69, 9.17) is 15.2 Å². The minimum Gasteiger partial charge on any atom is -0.490 e. The molecule has 0 bridgehead atoms. The Morgan fingerprint density at radius 2 is 1.90 bits per heavy atom. The Kier molecular flexibility index (Phi) is 4.51. The van der Waals surface area contributed by atoms with Gasteiger partial charge in [-0.1, -0.05) is 31.4 Å². The van der Waals surface area contributed by atoms with Gasteiger partial charge in [-0.15, -0.1) is 0 Å². The molecule has 2 atom stereocenters. The van der Waals surface area contributed by atoms with Crippen molar-refractivity contribution in [3.05, 3.63) is 29.8 Å². The fraction of sp³-hybridized carbons (Fsp3) is 0.667. The number of ether oxygens (including phenoxy) is 2. The highest BCUT2D eigenvalue weighted by Gasteiger charge is 2.39. The van der Waals surface area contributed by atoms with Crippen molar-refractivity contribution >= 4 is 0 Å². The molecule has 1 saturated carbocycles. The Morgan fingerprint density at radius 3 is 2.57 bits per heavy atom. The molecule has 116 valence electrons. The van der Waals surface area contributed by atoms with Crippen LogP contribution in [0.4, 0.5) is 0 Å². The van der Waals surface area contributed by atoms with Crippen LogP contribution in [0.15, 0.2) is 24.3 Å². The molecule has 3 rings (SSSR count). The first kappa shape index (κ1) is 14.9. The van der Waals surface area contributed by atoms with Gasteiger partial charge in [-0.25, -0.2) is 0 Å². The van der Waals surface area contributed by atoms with Crippen LogP contribution in [0.1, 0.15) is 63.5 Å². The molecule has 0 radical (unpaired) electrons. The van der Waals surface area contributed by atoms with Gasteiger partial charge in [-0.3, -0.25) is 0 Å². The summed E-state index contributed by atoms with van der Waals surface area (Å²) in [7, 11) is 0. The quantitative estimate of drug-likeness (QED) is 0.915. The molecule has 1 heterocycles. The van der Waals surface area contributed by atoms with Crippen LogP contribution in [0.3, 0.4) is 0 Å². The van der Waals surface area contributed by atoms with Gasteiger partial charge < -0.3 is 15.2 Å². The molecule has 1 saturated heterocycles. The molecule has 1 unspecified atom stereocenters. The molecule has 0 aromatic heterocycles. The molecule has 1 spiro atoms. The minimum atomic E-state index is 0.0765. The third kappa shape index (κ3) is 3.58. The summed E-state index contributed by atoms with van der Waals surface area (Å²) >= 11 is 0. The van der Waals surface area contributed by atoms with Crippen molar-refractivity contribution in [3.63, 3.8) is 0 Å². The van der Waals surface area contributed by atoms with E-state index in [0.29, 0.717) is 0 Å². The molecular formula is C18H27NO2. The molecule has 1 aromatic carbocycles. The lowest BCUT2D eigenvalue weighted by molar-refractivity contribution is -0.129. The highest BCUT2D eigenvalue weighted by Crippen LogP contribution is 2.39. The van der Waals surface area contributed by atoms with Crippen LogP contribution in [-0.4, -0.2) is 18.3 Å². The summed E-state index contributed by atoms with van der Waals surface area (Å²) in [6.07, 6.45) is 8.70. The highest BCUT2D eigenvalue weighted by molar-refractivity contribution is 5.29. The fourth-order valence-electron chi connectivity index (χ4n) is 3.67. The average Bonchev–Trinajstić information content (AvgIpc) is 2.49. The Balaban J connectivity index is 1.61. The lowest BCUT2D eigenvalue weighted by atomic mass is 9.79. The Bertz CT molecular complexity index is 443. The number of hydrogen-bond donors (Lipinski definition) is 1. The maximum atomic E-state index is 6.20. The van der Waals surface area contributed by atoms with E-state index in [0.717, 1.165) is 30.8 Å². The summed E-state index contributed by atoms with van der Waals surface area (Å²) in [5.74, 6) is 0.956. The summed E-state index contributed by atoms with van der Waals surface area (Å²) in [5.41, 5.74) is 7.14. The highest BCUT2D eigenvalue weighted by atomic mass is 16.5. The maximum absolute atomic E-state index is 6.20. The molecule has 3 nitrogen and oxygen atoms in total. The van der Waals surface area contributed by atoms with E-state index in [9.17, 15) is 0 Å². The van der Waals surface area contributed by atoms with Crippen molar-refractivity contribution in [2.45, 2.75) is 69.6 Å². The first-order chi connectivity index (χ1) is 10.2. The topological polar surface area (TPSA) is 44.5 Å². The van der Waals surface area contributed by atoms with Gasteiger partial charge in [0.05, 0.1) is 12.2 Å². The van der Waals surface area contributed by atoms with Crippen LogP contribution in [0.25, 0.3) is 0 Å². The van der Waals surface area contributed by atoms with Gasteiger partial charge in [-0.05, 0) is 37.5 Å². The second-order valence-electron chi connectivity index (χ2n) is 6.68. The third-order valence-electron chi connectivity index (χ3n) is 4.92. The second kappa shape index (κ2) is 6.37. The number of benzene rings is 1. The molecule has 1 aromatic rings. The SMILES string of the molecule is C[C@H](N)c1ccc(OC2CCOC3(CCCCC3)C2)cc1. The lowest BCUT2D eigenvalue weighted by Crippen LogP contribution is -2.45. The Labute approximate surface area is 127 Å². The Hall–Kier alpha value is -1.06. The van der Waals surface area contributed by atoms with Crippen molar-refractivity contribution < 1.29 is 9.47 Å². The summed E-state index contributed by atoms with van der Waals surface area (Å²) in [6.45, 7) is 2.84. The number of hydrogen-bond acceptors (Lipinski definition) is 3. The van der Waals surface area contributed by atoms with E-state index < -0.39 is 0 Å². The monoisotopic (exact) mass is 289 g/mol.